The fourth-order valence-corrected chi connectivity index (χ4v) is 3.34. The highest BCUT2D eigenvalue weighted by Gasteiger charge is 2.26. The number of allylic oxidation sites excluding steroid dienone is 1. The Morgan fingerprint density at radius 1 is 1.22 bits per heavy atom. The number of morpholine rings is 1. The van der Waals surface area contributed by atoms with Gasteiger partial charge >= 0.3 is 12.0 Å². The number of hydrogen-bond acceptors (Lipinski definition) is 8. The fraction of sp³-hybridized carbons (Fsp3) is 0.600. The van der Waals surface area contributed by atoms with Crippen molar-refractivity contribution in [2.75, 3.05) is 58.4 Å². The fourth-order valence-electron chi connectivity index (χ4n) is 3.34. The third-order valence-electron chi connectivity index (χ3n) is 5.17. The Labute approximate surface area is 187 Å². The van der Waals surface area contributed by atoms with Crippen LogP contribution in [0.3, 0.4) is 0 Å². The molecule has 3 rings (SSSR count). The predicted octanol–water partition coefficient (Wildman–Crippen LogP) is 0.609. The Hall–Kier alpha value is -3.28. The van der Waals surface area contributed by atoms with Crippen molar-refractivity contribution in [3.63, 3.8) is 0 Å². The zero-order chi connectivity index (χ0) is 23.1. The van der Waals surface area contributed by atoms with Crippen molar-refractivity contribution in [1.82, 2.24) is 24.8 Å². The highest BCUT2D eigenvalue weighted by Crippen LogP contribution is 2.22. The molecule has 2 aliphatic rings. The Bertz CT molecular complexity index is 873. The normalized spacial score (nSPS) is 18.5. The molecule has 0 atom stereocenters. The van der Waals surface area contributed by atoms with Gasteiger partial charge in [-0.15, -0.1) is 0 Å². The summed E-state index contributed by atoms with van der Waals surface area (Å²) in [5.74, 6) is 1.03. The summed E-state index contributed by atoms with van der Waals surface area (Å²) < 4.78 is 11.6. The van der Waals surface area contributed by atoms with Crippen molar-refractivity contribution in [3.05, 3.63) is 12.0 Å². The molecule has 2 saturated heterocycles. The van der Waals surface area contributed by atoms with Gasteiger partial charge in [-0.3, -0.25) is 0 Å². The van der Waals surface area contributed by atoms with Crippen LogP contribution in [0.4, 0.5) is 10.7 Å². The number of anilines is 1. The van der Waals surface area contributed by atoms with Gasteiger partial charge in [0, 0.05) is 64.9 Å². The molecule has 12 heteroatoms. The number of carbonyl (C=O) groups excluding carboxylic acids is 1. The van der Waals surface area contributed by atoms with Gasteiger partial charge in [0.1, 0.15) is 6.10 Å². The van der Waals surface area contributed by atoms with Crippen LogP contribution in [0.1, 0.15) is 25.6 Å². The number of amides is 2. The topological polar surface area (TPSA) is 135 Å². The van der Waals surface area contributed by atoms with E-state index in [0.29, 0.717) is 69.6 Å². The van der Waals surface area contributed by atoms with Crippen molar-refractivity contribution in [3.8, 4) is 6.01 Å². The van der Waals surface area contributed by atoms with Crippen LogP contribution in [0.2, 0.25) is 0 Å². The molecule has 2 N–H and O–H groups in total. The van der Waals surface area contributed by atoms with E-state index in [1.54, 1.807) is 19.0 Å². The molecule has 0 saturated carbocycles. The van der Waals surface area contributed by atoms with Gasteiger partial charge in [-0.2, -0.15) is 15.0 Å². The number of rotatable bonds is 5. The van der Waals surface area contributed by atoms with E-state index >= 15 is 0 Å². The van der Waals surface area contributed by atoms with E-state index in [2.05, 4.69) is 31.7 Å². The Morgan fingerprint density at radius 3 is 2.53 bits per heavy atom. The van der Waals surface area contributed by atoms with Crippen molar-refractivity contribution in [1.29, 1.82) is 0 Å². The van der Waals surface area contributed by atoms with Crippen LogP contribution >= 0.6 is 0 Å². The van der Waals surface area contributed by atoms with Crippen LogP contribution in [0, 0.1) is 0 Å². The molecule has 2 fully saturated rings. The summed E-state index contributed by atoms with van der Waals surface area (Å²) in [4.78, 5) is 38.8. The van der Waals surface area contributed by atoms with Crippen LogP contribution in [0.5, 0.6) is 6.01 Å². The molecule has 0 spiro atoms. The Balaban J connectivity index is 1.78. The lowest BCUT2D eigenvalue weighted by Gasteiger charge is -2.33. The van der Waals surface area contributed by atoms with Gasteiger partial charge in [0.2, 0.25) is 11.9 Å². The van der Waals surface area contributed by atoms with E-state index < -0.39 is 0 Å². The molecule has 0 radical (unpaired) electrons. The second kappa shape index (κ2) is 10.8. The number of likely N-dealkylation sites (tertiary alicyclic amines) is 1. The molecule has 2 amide bonds. The molecule has 2 aliphatic heterocycles. The molecule has 0 aromatic carbocycles. The number of urea groups is 1. The first-order valence-corrected chi connectivity index (χ1v) is 10.6. The summed E-state index contributed by atoms with van der Waals surface area (Å²) in [5.41, 5.74) is 6.28. The molecule has 32 heavy (non-hydrogen) atoms. The number of ether oxygens (including phenoxy) is 2. The van der Waals surface area contributed by atoms with Crippen LogP contribution in [-0.2, 0) is 4.74 Å². The van der Waals surface area contributed by atoms with Gasteiger partial charge in [-0.1, -0.05) is 0 Å². The monoisotopic (exact) mass is 445 g/mol. The number of nitrogens with zero attached hydrogens (tertiary/aromatic N) is 8. The molecule has 1 aromatic heterocycles. The summed E-state index contributed by atoms with van der Waals surface area (Å²) in [6, 6.07) is 0.260. The number of piperidine rings is 1. The molecule has 3 heterocycles. The molecule has 0 unspecified atom stereocenters. The van der Waals surface area contributed by atoms with E-state index in [-0.39, 0.29) is 24.1 Å². The zero-order valence-electron chi connectivity index (χ0n) is 18.9. The number of nitrogens with two attached hydrogens (primary N) is 1. The molecule has 174 valence electrons. The lowest BCUT2D eigenvalue weighted by atomic mass is 10.1. The first kappa shape index (κ1) is 23.4. The third kappa shape index (κ3) is 6.13. The first-order chi connectivity index (χ1) is 15.4. The highest BCUT2D eigenvalue weighted by atomic mass is 16.5. The smallest absolute Gasteiger partial charge is 0.322 e. The quantitative estimate of drug-likeness (QED) is 0.514. The minimum atomic E-state index is -0.0862. The second-order valence-electron chi connectivity index (χ2n) is 7.78. The van der Waals surface area contributed by atoms with Crippen LogP contribution < -0.4 is 15.4 Å². The standard InChI is InChI=1S/C20H31N9O3/c1-14(13-23-17(21)22-2)16-24-18(28-9-11-31-12-10-28)26-19(25-16)32-15-5-7-29(8-6-15)20(30)27(3)4/h13,15H,2,5-12H2,1,3-4H3,(H2,21,23). The first-order valence-electron chi connectivity index (χ1n) is 10.6. The lowest BCUT2D eigenvalue weighted by molar-refractivity contribution is 0.0943. The number of carbonyl (C=O) groups is 1. The summed E-state index contributed by atoms with van der Waals surface area (Å²) in [5, 5.41) is 0. The Morgan fingerprint density at radius 2 is 1.91 bits per heavy atom. The van der Waals surface area contributed by atoms with Gasteiger partial charge in [0.25, 0.3) is 0 Å². The summed E-state index contributed by atoms with van der Waals surface area (Å²) >= 11 is 0. The van der Waals surface area contributed by atoms with Gasteiger partial charge in [0.15, 0.2) is 5.82 Å². The maximum atomic E-state index is 12.2. The lowest BCUT2D eigenvalue weighted by Crippen LogP contribution is -2.46. The van der Waals surface area contributed by atoms with Gasteiger partial charge in [0.05, 0.1) is 13.2 Å². The van der Waals surface area contributed by atoms with Crippen LogP contribution in [0.15, 0.2) is 16.2 Å². The maximum absolute atomic E-state index is 12.2. The van der Waals surface area contributed by atoms with Gasteiger partial charge < -0.3 is 29.9 Å². The molecule has 0 bridgehead atoms. The maximum Gasteiger partial charge on any atom is 0.322 e. The summed E-state index contributed by atoms with van der Waals surface area (Å²) in [6.07, 6.45) is 2.86. The van der Waals surface area contributed by atoms with Crippen molar-refractivity contribution >= 4 is 30.2 Å². The molecule has 12 nitrogen and oxygen atoms in total. The van der Waals surface area contributed by atoms with Crippen LogP contribution in [0.25, 0.3) is 5.57 Å². The molecular weight excluding hydrogens is 414 g/mol. The SMILES string of the molecule is C=NC(N)=NC=C(C)c1nc(OC2CCN(C(=O)N(C)C)CC2)nc(N2CCOCC2)n1. The Kier molecular flexibility index (Phi) is 7.92. The van der Waals surface area contributed by atoms with E-state index in [1.807, 2.05) is 16.7 Å². The minimum Gasteiger partial charge on any atom is -0.460 e. The third-order valence-corrected chi connectivity index (χ3v) is 5.17. The predicted molar refractivity (Wildman–Crippen MR) is 122 cm³/mol. The highest BCUT2D eigenvalue weighted by molar-refractivity contribution is 5.83. The van der Waals surface area contributed by atoms with E-state index in [1.165, 1.54) is 6.20 Å². The largest absolute Gasteiger partial charge is 0.460 e. The summed E-state index contributed by atoms with van der Waals surface area (Å²) in [6.45, 7) is 9.00. The van der Waals surface area contributed by atoms with Crippen molar-refractivity contribution in [2.45, 2.75) is 25.9 Å². The number of aromatic nitrogens is 3. The molecule has 0 aliphatic carbocycles. The minimum absolute atomic E-state index is 0.00936. The number of hydrogen-bond donors (Lipinski definition) is 1. The molecular formula is C20H31N9O3. The second-order valence-corrected chi connectivity index (χ2v) is 7.78. The van der Waals surface area contributed by atoms with Gasteiger partial charge in [-0.05, 0) is 13.6 Å². The van der Waals surface area contributed by atoms with Crippen LogP contribution in [-0.4, -0.2) is 103 Å². The van der Waals surface area contributed by atoms with E-state index in [9.17, 15) is 4.79 Å². The summed E-state index contributed by atoms with van der Waals surface area (Å²) in [7, 11) is 3.51. The molecule has 1 aromatic rings. The number of guanidine groups is 1. The van der Waals surface area contributed by atoms with E-state index in [4.69, 9.17) is 15.2 Å². The average Bonchev–Trinajstić information content (AvgIpc) is 2.82. The van der Waals surface area contributed by atoms with Crippen molar-refractivity contribution in [2.24, 2.45) is 15.7 Å². The average molecular weight is 446 g/mol. The zero-order valence-corrected chi connectivity index (χ0v) is 18.9. The van der Waals surface area contributed by atoms with E-state index in [0.717, 1.165) is 0 Å². The van der Waals surface area contributed by atoms with Crippen molar-refractivity contribution < 1.29 is 14.3 Å². The van der Waals surface area contributed by atoms with Gasteiger partial charge in [-0.25, -0.2) is 14.8 Å². The number of aliphatic imine (C=N–C) groups is 2.